The van der Waals surface area contributed by atoms with Crippen LogP contribution in [0.1, 0.15) is 16.1 Å². The van der Waals surface area contributed by atoms with Gasteiger partial charge in [-0.2, -0.15) is 0 Å². The van der Waals surface area contributed by atoms with E-state index in [1.165, 1.54) is 0 Å². The van der Waals surface area contributed by atoms with Gasteiger partial charge in [0.1, 0.15) is 18.2 Å². The maximum absolute atomic E-state index is 13.3. The van der Waals surface area contributed by atoms with Gasteiger partial charge in [0.05, 0.1) is 12.2 Å². The molecule has 0 aliphatic heterocycles. The summed E-state index contributed by atoms with van der Waals surface area (Å²) >= 11 is 0. The van der Waals surface area contributed by atoms with Crippen molar-refractivity contribution in [3.8, 4) is 0 Å². The van der Waals surface area contributed by atoms with E-state index in [-0.39, 0.29) is 12.2 Å². The van der Waals surface area contributed by atoms with Crippen LogP contribution in [0.4, 0.5) is 8.78 Å². The summed E-state index contributed by atoms with van der Waals surface area (Å²) in [6.07, 6.45) is 2.22. The molecule has 104 valence electrons. The molecule has 0 fully saturated rings. The van der Waals surface area contributed by atoms with Crippen LogP contribution in [0.2, 0.25) is 0 Å². The molecule has 2 rings (SSSR count). The first-order chi connectivity index (χ1) is 9.66. The highest BCUT2D eigenvalue weighted by molar-refractivity contribution is 5.97. The number of ketones is 1. The number of halogens is 2. The highest BCUT2D eigenvalue weighted by Crippen LogP contribution is 2.10. The topological polar surface area (TPSA) is 39.2 Å². The van der Waals surface area contributed by atoms with Crippen molar-refractivity contribution >= 4 is 5.78 Å². The van der Waals surface area contributed by atoms with Crippen LogP contribution >= 0.6 is 0 Å². The van der Waals surface area contributed by atoms with Crippen molar-refractivity contribution in [3.05, 3.63) is 65.5 Å². The van der Waals surface area contributed by atoms with Crippen LogP contribution in [0, 0.1) is 11.6 Å². The molecule has 0 unspecified atom stereocenters. The fourth-order valence-corrected chi connectivity index (χ4v) is 1.68. The van der Waals surface area contributed by atoms with Crippen molar-refractivity contribution in [1.29, 1.82) is 0 Å². The van der Waals surface area contributed by atoms with Gasteiger partial charge >= 0.3 is 0 Å². The minimum absolute atomic E-state index is 0.285. The van der Waals surface area contributed by atoms with E-state index in [1.54, 1.807) is 12.3 Å². The van der Waals surface area contributed by atoms with Crippen molar-refractivity contribution in [2.24, 2.45) is 0 Å². The molecule has 1 aromatic heterocycles. The van der Waals surface area contributed by atoms with E-state index in [9.17, 15) is 13.6 Å². The van der Waals surface area contributed by atoms with Gasteiger partial charge in [-0.25, -0.2) is 8.78 Å². The zero-order chi connectivity index (χ0) is 14.4. The molecule has 20 heavy (non-hydrogen) atoms. The van der Waals surface area contributed by atoms with E-state index >= 15 is 0 Å². The maximum Gasteiger partial charge on any atom is 0.191 e. The number of rotatable bonds is 6. The van der Waals surface area contributed by atoms with Crippen LogP contribution in [0.5, 0.6) is 0 Å². The van der Waals surface area contributed by atoms with Gasteiger partial charge in [0.15, 0.2) is 5.78 Å². The van der Waals surface area contributed by atoms with Crippen LogP contribution < -0.4 is 0 Å². The van der Waals surface area contributed by atoms with Crippen LogP contribution in [0.15, 0.2) is 42.6 Å². The van der Waals surface area contributed by atoms with Crippen molar-refractivity contribution in [3.63, 3.8) is 0 Å². The van der Waals surface area contributed by atoms with Crippen molar-refractivity contribution < 1.29 is 18.3 Å². The number of nitrogens with zero attached hydrogens (tertiary/aromatic N) is 1. The quantitative estimate of drug-likeness (QED) is 0.602. The number of Topliss-reactive ketones (excluding diaryl/α,β-unsaturated/α-hetero) is 1. The number of hydrogen-bond acceptors (Lipinski definition) is 3. The Morgan fingerprint density at radius 2 is 2.05 bits per heavy atom. The molecule has 0 aliphatic carbocycles. The van der Waals surface area contributed by atoms with Gasteiger partial charge < -0.3 is 4.74 Å². The number of carbonyl (C=O) groups is 1. The van der Waals surface area contributed by atoms with E-state index in [4.69, 9.17) is 4.74 Å². The Morgan fingerprint density at radius 1 is 1.20 bits per heavy atom. The average molecular weight is 277 g/mol. The van der Waals surface area contributed by atoms with E-state index in [0.717, 1.165) is 23.9 Å². The highest BCUT2D eigenvalue weighted by Gasteiger charge is 2.12. The highest BCUT2D eigenvalue weighted by atomic mass is 19.1. The summed E-state index contributed by atoms with van der Waals surface area (Å²) in [4.78, 5) is 15.8. The Bertz CT molecular complexity index is 588. The number of benzene rings is 1. The minimum atomic E-state index is -0.746. The third-order valence-electron chi connectivity index (χ3n) is 2.69. The van der Waals surface area contributed by atoms with Gasteiger partial charge in [0, 0.05) is 18.3 Å². The molecule has 1 heterocycles. The Balaban J connectivity index is 1.82. The fourth-order valence-electron chi connectivity index (χ4n) is 1.68. The molecule has 0 amide bonds. The number of ether oxygens (including phenoxy) is 1. The zero-order valence-electron chi connectivity index (χ0n) is 10.7. The van der Waals surface area contributed by atoms with Gasteiger partial charge in [-0.1, -0.05) is 6.07 Å². The number of carbonyl (C=O) groups excluding carboxylic acids is 1. The van der Waals surface area contributed by atoms with Crippen molar-refractivity contribution in [2.45, 2.75) is 6.42 Å². The second-order valence-corrected chi connectivity index (χ2v) is 4.17. The summed E-state index contributed by atoms with van der Waals surface area (Å²) in [6, 6.07) is 8.28. The Kier molecular flexibility index (Phi) is 4.90. The largest absolute Gasteiger partial charge is 0.373 e. The van der Waals surface area contributed by atoms with E-state index in [0.29, 0.717) is 13.0 Å². The first-order valence-electron chi connectivity index (χ1n) is 6.13. The molecular weight excluding hydrogens is 264 g/mol. The summed E-state index contributed by atoms with van der Waals surface area (Å²) < 4.78 is 31.5. The molecule has 0 spiro atoms. The summed E-state index contributed by atoms with van der Waals surface area (Å²) in [7, 11) is 0. The lowest BCUT2D eigenvalue weighted by molar-refractivity contribution is 0.0760. The zero-order valence-corrected chi connectivity index (χ0v) is 10.7. The molecule has 5 heteroatoms. The molecule has 0 saturated carbocycles. The molecule has 0 radical (unpaired) electrons. The van der Waals surface area contributed by atoms with Gasteiger partial charge in [-0.05, 0) is 30.3 Å². The van der Waals surface area contributed by atoms with Crippen molar-refractivity contribution in [2.75, 3.05) is 13.2 Å². The van der Waals surface area contributed by atoms with Gasteiger partial charge in [0.25, 0.3) is 0 Å². The third-order valence-corrected chi connectivity index (χ3v) is 2.69. The Hall–Kier alpha value is -2.14. The van der Waals surface area contributed by atoms with E-state index in [2.05, 4.69) is 4.98 Å². The molecular formula is C15H13F2NO2. The molecule has 0 bridgehead atoms. The van der Waals surface area contributed by atoms with Crippen LogP contribution in [0.3, 0.4) is 0 Å². The normalized spacial score (nSPS) is 10.5. The molecule has 0 aliphatic rings. The number of pyridine rings is 1. The lowest BCUT2D eigenvalue weighted by Gasteiger charge is -2.05. The standard InChI is InChI=1S/C15H13F2NO2/c16-11-4-5-14(17)13(9-11)15(19)10-20-8-6-12-3-1-2-7-18-12/h1-5,7,9H,6,8,10H2. The monoisotopic (exact) mass is 277 g/mol. The fraction of sp³-hybridized carbons (Fsp3) is 0.200. The first kappa shape index (κ1) is 14.3. The van der Waals surface area contributed by atoms with Crippen LogP contribution in [-0.2, 0) is 11.2 Å². The SMILES string of the molecule is O=C(COCCc1ccccn1)c1cc(F)ccc1F. The first-order valence-corrected chi connectivity index (χ1v) is 6.13. The molecule has 0 saturated heterocycles. The summed E-state index contributed by atoms with van der Waals surface area (Å²) in [5.41, 5.74) is 0.555. The second-order valence-electron chi connectivity index (χ2n) is 4.17. The average Bonchev–Trinajstić information content (AvgIpc) is 2.47. The lowest BCUT2D eigenvalue weighted by atomic mass is 10.1. The van der Waals surface area contributed by atoms with Gasteiger partial charge in [-0.15, -0.1) is 0 Å². The smallest absolute Gasteiger partial charge is 0.191 e. The van der Waals surface area contributed by atoms with Gasteiger partial charge in [-0.3, -0.25) is 9.78 Å². The predicted octanol–water partition coefficient (Wildman–Crippen LogP) is 2.80. The summed E-state index contributed by atoms with van der Waals surface area (Å²) in [6.45, 7) is 0.00684. The predicted molar refractivity (Wildman–Crippen MR) is 69.4 cm³/mol. The summed E-state index contributed by atoms with van der Waals surface area (Å²) in [5.74, 6) is -1.98. The molecule has 1 aromatic carbocycles. The van der Waals surface area contributed by atoms with E-state index < -0.39 is 17.4 Å². The molecule has 3 nitrogen and oxygen atoms in total. The molecule has 0 N–H and O–H groups in total. The Labute approximate surface area is 115 Å². The lowest BCUT2D eigenvalue weighted by Crippen LogP contribution is -2.13. The van der Waals surface area contributed by atoms with Crippen LogP contribution in [0.25, 0.3) is 0 Å². The van der Waals surface area contributed by atoms with Crippen molar-refractivity contribution in [1.82, 2.24) is 4.98 Å². The Morgan fingerprint density at radius 3 is 2.80 bits per heavy atom. The summed E-state index contributed by atoms with van der Waals surface area (Å²) in [5, 5.41) is 0. The van der Waals surface area contributed by atoms with E-state index in [1.807, 2.05) is 12.1 Å². The molecule has 2 aromatic rings. The molecule has 0 atom stereocenters. The number of aromatic nitrogens is 1. The second kappa shape index (κ2) is 6.86. The third kappa shape index (κ3) is 3.93. The minimum Gasteiger partial charge on any atom is -0.373 e. The van der Waals surface area contributed by atoms with Crippen LogP contribution in [-0.4, -0.2) is 24.0 Å². The van der Waals surface area contributed by atoms with Gasteiger partial charge in [0.2, 0.25) is 0 Å². The number of hydrogen-bond donors (Lipinski definition) is 0. The maximum atomic E-state index is 13.3.